The minimum Gasteiger partial charge on any atom is -0.870 e. The Labute approximate surface area is 44.6 Å². The number of carbonyl (C=O) groups excluding carboxylic acids is 1. The Balaban J connectivity index is -0.0000000450. The van der Waals surface area contributed by atoms with Crippen LogP contribution < -0.4 is 10.2 Å². The van der Waals surface area contributed by atoms with Gasteiger partial charge in [0, 0.05) is 0 Å². The van der Waals surface area contributed by atoms with Gasteiger partial charge in [0.25, 0.3) is 0 Å². The fraction of sp³-hybridized carbons (Fsp3) is 0. The summed E-state index contributed by atoms with van der Waals surface area (Å²) >= 11 is 0. The zero-order valence-corrected chi connectivity index (χ0v) is 3.63. The van der Waals surface area contributed by atoms with Crippen molar-refractivity contribution in [2.75, 3.05) is 0 Å². The van der Waals surface area contributed by atoms with E-state index in [1.165, 1.54) is 0 Å². The first kappa shape index (κ1) is 17.2. The Morgan fingerprint density at radius 1 is 1.33 bits per heavy atom. The second kappa shape index (κ2) is 8.83. The van der Waals surface area contributed by atoms with Gasteiger partial charge in [-0.1, -0.05) is 0 Å². The first-order chi connectivity index (χ1) is 1.73. The largest absolute Gasteiger partial charge is 3.00 e. The van der Waals surface area contributed by atoms with E-state index < -0.39 is 6.16 Å². The average Bonchev–Trinajstić information content (AvgIpc) is 0.811. The minimum atomic E-state index is -2.33. The second-order valence-corrected chi connectivity index (χ2v) is 0.250. The van der Waals surface area contributed by atoms with Gasteiger partial charge in [0.2, 0.25) is 0 Å². The molecule has 0 rings (SSSR count). The van der Waals surface area contributed by atoms with Crippen LogP contribution in [0.25, 0.3) is 0 Å². The van der Waals surface area contributed by atoms with Crippen LogP contribution in [0.1, 0.15) is 0 Å². The van der Waals surface area contributed by atoms with Crippen LogP contribution in [0.4, 0.5) is 4.79 Å². The van der Waals surface area contributed by atoms with Gasteiger partial charge >= 0.3 is 17.1 Å². The third kappa shape index (κ3) is 452. The van der Waals surface area contributed by atoms with E-state index in [1.54, 1.807) is 0 Å². The summed E-state index contributed by atoms with van der Waals surface area (Å²) in [6.07, 6.45) is -2.33. The maximum Gasteiger partial charge on any atom is 3.00 e. The van der Waals surface area contributed by atoms with E-state index in [-0.39, 0.29) is 22.5 Å². The molecule has 0 aliphatic rings. The van der Waals surface area contributed by atoms with Crippen molar-refractivity contribution in [1.82, 2.24) is 0 Å². The zero-order chi connectivity index (χ0) is 3.58. The van der Waals surface area contributed by atoms with Gasteiger partial charge in [0.1, 0.15) is 0 Å². The van der Waals surface area contributed by atoms with Gasteiger partial charge < -0.3 is 20.5 Å². The average molecular weight is 133 g/mol. The van der Waals surface area contributed by atoms with Crippen LogP contribution in [0.15, 0.2) is 0 Å². The summed E-state index contributed by atoms with van der Waals surface area (Å²) in [6, 6.07) is 0. The van der Waals surface area contributed by atoms with Crippen molar-refractivity contribution in [3.05, 3.63) is 0 Å². The number of hydrogen-bond acceptors (Lipinski definition) is 4. The molecular weight excluding hydrogens is 132 g/mol. The summed E-state index contributed by atoms with van der Waals surface area (Å²) in [4.78, 5) is 8.33. The number of carbonyl (C=O) groups is 1. The molecule has 4 nitrogen and oxygen atoms in total. The van der Waals surface area contributed by atoms with Crippen molar-refractivity contribution in [2.45, 2.75) is 0 Å². The molecule has 0 spiro atoms. The maximum absolute atomic E-state index is 8.33. The molecule has 0 unspecified atom stereocenters. The molecule has 0 saturated carbocycles. The smallest absolute Gasteiger partial charge is 0.870 e. The predicted molar refractivity (Wildman–Crippen MR) is 7.33 cm³/mol. The van der Waals surface area contributed by atoms with Crippen LogP contribution in [0.3, 0.4) is 0 Å². The van der Waals surface area contributed by atoms with Gasteiger partial charge in [-0.2, -0.15) is 0 Å². The Hall–Kier alpha value is -0.251. The normalized spacial score (nSPS) is 4.00. The van der Waals surface area contributed by atoms with Crippen LogP contribution >= 0.6 is 0 Å². The van der Waals surface area contributed by atoms with Crippen molar-refractivity contribution in [3.8, 4) is 0 Å². The van der Waals surface area contributed by atoms with Gasteiger partial charge in [-0.05, 0) is 6.16 Å². The summed E-state index contributed by atoms with van der Waals surface area (Å²) < 4.78 is 0. The van der Waals surface area contributed by atoms with E-state index in [1.807, 2.05) is 0 Å². The van der Waals surface area contributed by atoms with E-state index in [0.717, 1.165) is 0 Å². The molecule has 0 aromatic carbocycles. The van der Waals surface area contributed by atoms with E-state index in [9.17, 15) is 0 Å². The summed E-state index contributed by atoms with van der Waals surface area (Å²) in [6.45, 7) is 0. The predicted octanol–water partition coefficient (Wildman–Crippen LogP) is -2.63. The van der Waals surface area contributed by atoms with Crippen LogP contribution in [0, 0.1) is 0 Å². The van der Waals surface area contributed by atoms with Crippen LogP contribution in [-0.4, -0.2) is 11.6 Å². The molecule has 1 N–H and O–H groups in total. The van der Waals surface area contributed by atoms with Crippen LogP contribution in [0.2, 0.25) is 0 Å². The van der Waals surface area contributed by atoms with Crippen molar-refractivity contribution >= 4 is 6.16 Å². The molecule has 0 amide bonds. The van der Waals surface area contributed by atoms with Crippen LogP contribution in [-0.2, 0) is 17.1 Å². The van der Waals surface area contributed by atoms with Gasteiger partial charge in [-0.25, -0.2) is 0 Å². The standard InChI is InChI=1S/CH2O3.Fe.H2O/c2-1(3)4;;/h(H2,2,3,4);;1H2/q;+3;/p-3. The van der Waals surface area contributed by atoms with E-state index >= 15 is 0 Å². The number of rotatable bonds is 0. The molecule has 0 heterocycles. The quantitative estimate of drug-likeness (QED) is 0.338. The summed E-state index contributed by atoms with van der Waals surface area (Å²) in [5.74, 6) is 0. The fourth-order valence-electron chi connectivity index (χ4n) is 0. The third-order valence-corrected chi connectivity index (χ3v) is 0. The molecule has 1 radical (unpaired) electrons. The summed E-state index contributed by atoms with van der Waals surface area (Å²) in [5.41, 5.74) is 0. The molecule has 0 aromatic rings. The Kier molecular flexibility index (Phi) is 25.3. The van der Waals surface area contributed by atoms with Crippen molar-refractivity contribution < 1.29 is 37.6 Å². The molecule has 5 heteroatoms. The third-order valence-electron chi connectivity index (χ3n) is 0. The zero-order valence-electron chi connectivity index (χ0n) is 2.53. The molecule has 6 heavy (non-hydrogen) atoms. The maximum atomic E-state index is 8.33. The number of carboxylic acid groups (broad SMARTS) is 2. The van der Waals surface area contributed by atoms with Gasteiger partial charge in [0.05, 0.1) is 0 Å². The van der Waals surface area contributed by atoms with E-state index in [0.29, 0.717) is 0 Å². The Bertz CT molecular complexity index is 30.5. The molecule has 0 bridgehead atoms. The molecule has 0 fully saturated rings. The second-order valence-electron chi connectivity index (χ2n) is 0.250. The summed E-state index contributed by atoms with van der Waals surface area (Å²) in [7, 11) is 0. The molecular formula is CHFeO4. The van der Waals surface area contributed by atoms with Gasteiger partial charge in [0.15, 0.2) is 0 Å². The SMILES string of the molecule is O=C([O-])[O-].[Fe+3].[OH-]. The molecule has 0 aliphatic carbocycles. The molecule has 0 atom stereocenters. The van der Waals surface area contributed by atoms with E-state index in [4.69, 9.17) is 15.0 Å². The molecule has 37 valence electrons. The van der Waals surface area contributed by atoms with Crippen molar-refractivity contribution in [3.63, 3.8) is 0 Å². The first-order valence-corrected chi connectivity index (χ1v) is 0.612. The van der Waals surface area contributed by atoms with Crippen molar-refractivity contribution in [1.29, 1.82) is 0 Å². The monoisotopic (exact) mass is 133 g/mol. The molecule has 0 aliphatic heterocycles. The van der Waals surface area contributed by atoms with Crippen molar-refractivity contribution in [2.24, 2.45) is 0 Å². The minimum absolute atomic E-state index is 0. The van der Waals surface area contributed by atoms with Crippen LogP contribution in [0.5, 0.6) is 0 Å². The molecule has 0 saturated heterocycles. The Morgan fingerprint density at radius 3 is 1.33 bits per heavy atom. The Morgan fingerprint density at radius 2 is 1.33 bits per heavy atom. The topological polar surface area (TPSA) is 93.2 Å². The van der Waals surface area contributed by atoms with Gasteiger partial charge in [-0.15, -0.1) is 0 Å². The first-order valence-electron chi connectivity index (χ1n) is 0.612. The summed E-state index contributed by atoms with van der Waals surface area (Å²) in [5, 5.41) is 16.7. The van der Waals surface area contributed by atoms with E-state index in [2.05, 4.69) is 0 Å². The van der Waals surface area contributed by atoms with Gasteiger partial charge in [-0.3, -0.25) is 0 Å². The number of hydrogen-bond donors (Lipinski definition) is 0. The fourth-order valence-corrected chi connectivity index (χ4v) is 0. The molecule has 0 aromatic heterocycles.